The van der Waals surface area contributed by atoms with Crippen molar-refractivity contribution >= 4 is 0 Å². The second kappa shape index (κ2) is 5.72. The maximum absolute atomic E-state index is 3.73. The number of hydrogen-bond acceptors (Lipinski definition) is 2. The molecule has 2 heteroatoms. The monoisotopic (exact) mass is 196 g/mol. The molecule has 1 saturated heterocycles. The standard InChI is InChI=1S/C12H24N2/c1-2-5-9-12(8-4-1)13-14-10-6-3-7-11-14/h12-13H,1-11H2. The average molecular weight is 196 g/mol. The third-order valence-electron chi connectivity index (χ3n) is 3.58. The van der Waals surface area contributed by atoms with Gasteiger partial charge < -0.3 is 0 Å². The van der Waals surface area contributed by atoms with Gasteiger partial charge in [-0.1, -0.05) is 32.1 Å². The molecule has 0 spiro atoms. The smallest absolute Gasteiger partial charge is 0.0215 e. The van der Waals surface area contributed by atoms with Gasteiger partial charge in [0.25, 0.3) is 0 Å². The van der Waals surface area contributed by atoms with Crippen LogP contribution in [0.5, 0.6) is 0 Å². The Balaban J connectivity index is 1.71. The van der Waals surface area contributed by atoms with Crippen LogP contribution < -0.4 is 5.43 Å². The van der Waals surface area contributed by atoms with Crippen LogP contribution >= 0.6 is 0 Å². The van der Waals surface area contributed by atoms with Gasteiger partial charge in [-0.25, -0.2) is 5.01 Å². The van der Waals surface area contributed by atoms with E-state index in [1.54, 1.807) is 0 Å². The SMILES string of the molecule is C1CCCC(NN2CCCCC2)CC1. The second-order valence-electron chi connectivity index (χ2n) is 4.87. The molecule has 1 heterocycles. The van der Waals surface area contributed by atoms with Gasteiger partial charge in [0.2, 0.25) is 0 Å². The van der Waals surface area contributed by atoms with Crippen LogP contribution in [0.25, 0.3) is 0 Å². The minimum atomic E-state index is 0.788. The lowest BCUT2D eigenvalue weighted by atomic mass is 10.1. The van der Waals surface area contributed by atoms with Crippen molar-refractivity contribution in [3.8, 4) is 0 Å². The van der Waals surface area contributed by atoms with E-state index < -0.39 is 0 Å². The molecule has 2 nitrogen and oxygen atoms in total. The highest BCUT2D eigenvalue weighted by molar-refractivity contribution is 4.71. The summed E-state index contributed by atoms with van der Waals surface area (Å²) in [5.74, 6) is 0. The normalized spacial score (nSPS) is 27.4. The molecule has 14 heavy (non-hydrogen) atoms. The first-order valence-corrected chi connectivity index (χ1v) is 6.46. The van der Waals surface area contributed by atoms with Crippen LogP contribution in [-0.2, 0) is 0 Å². The van der Waals surface area contributed by atoms with E-state index in [-0.39, 0.29) is 0 Å². The van der Waals surface area contributed by atoms with Gasteiger partial charge >= 0.3 is 0 Å². The summed E-state index contributed by atoms with van der Waals surface area (Å²) in [6.45, 7) is 2.55. The number of nitrogens with zero attached hydrogens (tertiary/aromatic N) is 1. The number of rotatable bonds is 2. The molecule has 82 valence electrons. The van der Waals surface area contributed by atoms with Crippen molar-refractivity contribution in [1.29, 1.82) is 0 Å². The third-order valence-corrected chi connectivity index (χ3v) is 3.58. The largest absolute Gasteiger partial charge is 0.252 e. The highest BCUT2D eigenvalue weighted by Crippen LogP contribution is 2.18. The van der Waals surface area contributed by atoms with Crippen LogP contribution in [0, 0.1) is 0 Å². The molecule has 0 radical (unpaired) electrons. The third kappa shape index (κ3) is 3.25. The Labute approximate surface area is 88.0 Å². The lowest BCUT2D eigenvalue weighted by Crippen LogP contribution is -2.47. The van der Waals surface area contributed by atoms with E-state index in [4.69, 9.17) is 0 Å². The molecule has 0 atom stereocenters. The highest BCUT2D eigenvalue weighted by Gasteiger charge is 2.16. The molecule has 2 aliphatic rings. The van der Waals surface area contributed by atoms with Crippen molar-refractivity contribution in [2.45, 2.75) is 63.8 Å². The topological polar surface area (TPSA) is 15.3 Å². The summed E-state index contributed by atoms with van der Waals surface area (Å²) in [5, 5.41) is 2.47. The van der Waals surface area contributed by atoms with Crippen LogP contribution in [0.15, 0.2) is 0 Å². The summed E-state index contributed by atoms with van der Waals surface area (Å²) in [6.07, 6.45) is 12.8. The number of nitrogens with one attached hydrogen (secondary N) is 1. The quantitative estimate of drug-likeness (QED) is 0.683. The van der Waals surface area contributed by atoms with E-state index in [9.17, 15) is 0 Å². The van der Waals surface area contributed by atoms with E-state index in [2.05, 4.69) is 10.4 Å². The Morgan fingerprint density at radius 1 is 0.714 bits per heavy atom. The summed E-state index contributed by atoms with van der Waals surface area (Å²) in [4.78, 5) is 0. The predicted octanol–water partition coefficient (Wildman–Crippen LogP) is 2.70. The fraction of sp³-hybridized carbons (Fsp3) is 1.00. The van der Waals surface area contributed by atoms with Crippen LogP contribution in [-0.4, -0.2) is 24.1 Å². The number of hydrogen-bond donors (Lipinski definition) is 1. The molecule has 0 bridgehead atoms. The molecule has 1 N–H and O–H groups in total. The van der Waals surface area contributed by atoms with Gasteiger partial charge in [0.05, 0.1) is 0 Å². The van der Waals surface area contributed by atoms with Crippen LogP contribution in [0.4, 0.5) is 0 Å². The van der Waals surface area contributed by atoms with Crippen molar-refractivity contribution < 1.29 is 0 Å². The van der Waals surface area contributed by atoms with Crippen LogP contribution in [0.1, 0.15) is 57.8 Å². The first kappa shape index (κ1) is 10.4. The van der Waals surface area contributed by atoms with E-state index in [1.807, 2.05) is 0 Å². The first-order chi connectivity index (χ1) is 6.95. The van der Waals surface area contributed by atoms with Crippen molar-refractivity contribution in [2.75, 3.05) is 13.1 Å². The zero-order valence-electron chi connectivity index (χ0n) is 9.30. The predicted molar refractivity (Wildman–Crippen MR) is 60.0 cm³/mol. The van der Waals surface area contributed by atoms with Crippen molar-refractivity contribution in [3.05, 3.63) is 0 Å². The molecule has 1 aliphatic carbocycles. The highest BCUT2D eigenvalue weighted by atomic mass is 15.5. The second-order valence-corrected chi connectivity index (χ2v) is 4.87. The maximum Gasteiger partial charge on any atom is 0.0215 e. The lowest BCUT2D eigenvalue weighted by molar-refractivity contribution is 0.122. The molecule has 1 aliphatic heterocycles. The molecule has 0 aromatic rings. The van der Waals surface area contributed by atoms with E-state index in [0.29, 0.717) is 0 Å². The zero-order chi connectivity index (χ0) is 9.64. The Bertz CT molecular complexity index is 144. The van der Waals surface area contributed by atoms with E-state index >= 15 is 0 Å². The first-order valence-electron chi connectivity index (χ1n) is 6.46. The summed E-state index contributed by atoms with van der Waals surface area (Å²) in [7, 11) is 0. The molecule has 0 unspecified atom stereocenters. The van der Waals surface area contributed by atoms with Gasteiger partial charge in [0, 0.05) is 19.1 Å². The van der Waals surface area contributed by atoms with Gasteiger partial charge in [-0.05, 0) is 25.7 Å². The van der Waals surface area contributed by atoms with Gasteiger partial charge in [-0.15, -0.1) is 0 Å². The summed E-state index contributed by atoms with van der Waals surface area (Å²) in [5.41, 5.74) is 3.73. The molecule has 2 fully saturated rings. The molecule has 0 aromatic heterocycles. The molecule has 1 saturated carbocycles. The number of hydrazine groups is 1. The molecular weight excluding hydrogens is 172 g/mol. The fourth-order valence-corrected chi connectivity index (χ4v) is 2.69. The Kier molecular flexibility index (Phi) is 4.26. The van der Waals surface area contributed by atoms with Gasteiger partial charge in [-0.2, -0.15) is 0 Å². The average Bonchev–Trinajstić information content (AvgIpc) is 2.48. The maximum atomic E-state index is 3.73. The van der Waals surface area contributed by atoms with Crippen LogP contribution in [0.2, 0.25) is 0 Å². The number of piperidine rings is 1. The van der Waals surface area contributed by atoms with Gasteiger partial charge in [-0.3, -0.25) is 5.43 Å². The van der Waals surface area contributed by atoms with Gasteiger partial charge in [0.1, 0.15) is 0 Å². The van der Waals surface area contributed by atoms with Crippen LogP contribution in [0.3, 0.4) is 0 Å². The Morgan fingerprint density at radius 3 is 1.93 bits per heavy atom. The minimum absolute atomic E-state index is 0.788. The summed E-state index contributed by atoms with van der Waals surface area (Å²) < 4.78 is 0. The van der Waals surface area contributed by atoms with Crippen molar-refractivity contribution in [1.82, 2.24) is 10.4 Å². The van der Waals surface area contributed by atoms with Crippen molar-refractivity contribution in [2.24, 2.45) is 0 Å². The van der Waals surface area contributed by atoms with E-state index in [0.717, 1.165) is 6.04 Å². The Hall–Kier alpha value is -0.0800. The minimum Gasteiger partial charge on any atom is -0.252 e. The Morgan fingerprint density at radius 2 is 1.29 bits per heavy atom. The van der Waals surface area contributed by atoms with E-state index in [1.165, 1.54) is 70.9 Å². The fourth-order valence-electron chi connectivity index (χ4n) is 2.69. The van der Waals surface area contributed by atoms with Crippen molar-refractivity contribution in [3.63, 3.8) is 0 Å². The molecular formula is C12H24N2. The molecule has 2 rings (SSSR count). The molecule has 0 aromatic carbocycles. The zero-order valence-corrected chi connectivity index (χ0v) is 9.30. The summed E-state index contributed by atoms with van der Waals surface area (Å²) >= 11 is 0. The lowest BCUT2D eigenvalue weighted by Gasteiger charge is -2.31. The summed E-state index contributed by atoms with van der Waals surface area (Å²) in [6, 6.07) is 0.788. The van der Waals surface area contributed by atoms with Gasteiger partial charge in [0.15, 0.2) is 0 Å². The molecule has 0 amide bonds.